The van der Waals surface area contributed by atoms with Crippen molar-refractivity contribution in [1.29, 1.82) is 0 Å². The third kappa shape index (κ3) is 5.45. The van der Waals surface area contributed by atoms with Crippen LogP contribution in [0.25, 0.3) is 0 Å². The van der Waals surface area contributed by atoms with Gasteiger partial charge in [0.1, 0.15) is 6.10 Å². The Bertz CT molecular complexity index is 669. The van der Waals surface area contributed by atoms with Crippen molar-refractivity contribution < 1.29 is 19.4 Å². The number of rotatable bonds is 6. The first-order chi connectivity index (χ1) is 13.4. The summed E-state index contributed by atoms with van der Waals surface area (Å²) in [5, 5.41) is 18.4. The molecule has 0 spiro atoms. The van der Waals surface area contributed by atoms with Gasteiger partial charge in [-0.3, -0.25) is 4.79 Å². The molecule has 1 fully saturated rings. The molecule has 3 amide bonds. The standard InChI is InChI=1S/C21H31N3O4/c1-13(2)22-21(27)24-18-8-7-17(28-19(18)12-25)11-20(26)23-16-9-14-5-3-4-6-15(14)10-16/h3-6,13,16-19,25H,7-12H2,1-2H3,(H,23,26)(H2,22,24,27)/t17-,18+,19+/m1/s1. The molecule has 7 heteroatoms. The Morgan fingerprint density at radius 2 is 1.82 bits per heavy atom. The van der Waals surface area contributed by atoms with E-state index in [1.165, 1.54) is 11.1 Å². The molecule has 1 aliphatic heterocycles. The third-order valence-electron chi connectivity index (χ3n) is 5.36. The highest BCUT2D eigenvalue weighted by atomic mass is 16.5. The Hall–Kier alpha value is -2.12. The molecular formula is C21H31N3O4. The first-order valence-electron chi connectivity index (χ1n) is 10.1. The van der Waals surface area contributed by atoms with Gasteiger partial charge >= 0.3 is 6.03 Å². The molecular weight excluding hydrogens is 358 g/mol. The fraction of sp³-hybridized carbons (Fsp3) is 0.619. The fourth-order valence-corrected chi connectivity index (χ4v) is 4.07. The minimum atomic E-state index is -0.500. The second-order valence-corrected chi connectivity index (χ2v) is 8.08. The summed E-state index contributed by atoms with van der Waals surface area (Å²) in [5.74, 6) is -0.0246. The van der Waals surface area contributed by atoms with Gasteiger partial charge in [-0.1, -0.05) is 24.3 Å². The maximum Gasteiger partial charge on any atom is 0.315 e. The highest BCUT2D eigenvalue weighted by Crippen LogP contribution is 2.24. The molecule has 7 nitrogen and oxygen atoms in total. The van der Waals surface area contributed by atoms with Crippen molar-refractivity contribution in [1.82, 2.24) is 16.0 Å². The number of nitrogens with one attached hydrogen (secondary N) is 3. The van der Waals surface area contributed by atoms with Gasteiger partial charge in [-0.05, 0) is 50.7 Å². The number of aliphatic hydroxyl groups excluding tert-OH is 1. The van der Waals surface area contributed by atoms with E-state index in [-0.39, 0.29) is 49.2 Å². The molecule has 2 aliphatic rings. The Morgan fingerprint density at radius 1 is 1.14 bits per heavy atom. The van der Waals surface area contributed by atoms with Crippen LogP contribution in [-0.4, -0.2) is 54.0 Å². The zero-order chi connectivity index (χ0) is 20.1. The summed E-state index contributed by atoms with van der Waals surface area (Å²) in [5.41, 5.74) is 2.60. The van der Waals surface area contributed by atoms with E-state index in [9.17, 15) is 14.7 Å². The van der Waals surface area contributed by atoms with Gasteiger partial charge in [0.2, 0.25) is 5.91 Å². The molecule has 1 heterocycles. The smallest absolute Gasteiger partial charge is 0.315 e. The number of amides is 3. The molecule has 3 rings (SSSR count). The van der Waals surface area contributed by atoms with Crippen LogP contribution in [0, 0.1) is 0 Å². The molecule has 1 aromatic carbocycles. The molecule has 0 radical (unpaired) electrons. The summed E-state index contributed by atoms with van der Waals surface area (Å²) >= 11 is 0. The van der Waals surface area contributed by atoms with Gasteiger partial charge in [0.15, 0.2) is 0 Å². The number of carbonyl (C=O) groups excluding carboxylic acids is 2. The summed E-state index contributed by atoms with van der Waals surface area (Å²) in [6, 6.07) is 7.93. The summed E-state index contributed by atoms with van der Waals surface area (Å²) in [6.45, 7) is 3.58. The second-order valence-electron chi connectivity index (χ2n) is 8.08. The van der Waals surface area contributed by atoms with Crippen molar-refractivity contribution in [3.8, 4) is 0 Å². The molecule has 28 heavy (non-hydrogen) atoms. The SMILES string of the molecule is CC(C)NC(=O)N[C@H]1CC[C@H](CC(=O)NC2Cc3ccccc3C2)O[C@H]1CO. The minimum absolute atomic E-state index is 0.0246. The predicted molar refractivity (Wildman–Crippen MR) is 106 cm³/mol. The van der Waals surface area contributed by atoms with Crippen molar-refractivity contribution in [3.63, 3.8) is 0 Å². The number of aliphatic hydroxyl groups is 1. The van der Waals surface area contributed by atoms with E-state index in [2.05, 4.69) is 28.1 Å². The number of hydrogen-bond donors (Lipinski definition) is 4. The van der Waals surface area contributed by atoms with E-state index in [0.717, 1.165) is 12.8 Å². The van der Waals surface area contributed by atoms with E-state index in [4.69, 9.17) is 4.74 Å². The van der Waals surface area contributed by atoms with Crippen LogP contribution < -0.4 is 16.0 Å². The van der Waals surface area contributed by atoms with Crippen molar-refractivity contribution in [2.45, 2.75) is 76.3 Å². The third-order valence-corrected chi connectivity index (χ3v) is 5.36. The lowest BCUT2D eigenvalue weighted by Gasteiger charge is -2.36. The zero-order valence-electron chi connectivity index (χ0n) is 16.6. The minimum Gasteiger partial charge on any atom is -0.394 e. The summed E-state index contributed by atoms with van der Waals surface area (Å²) in [6.07, 6.45) is 2.60. The number of ether oxygens (including phenoxy) is 1. The molecule has 3 atom stereocenters. The number of hydrogen-bond acceptors (Lipinski definition) is 4. The van der Waals surface area contributed by atoms with Crippen LogP contribution in [0.4, 0.5) is 4.79 Å². The zero-order valence-corrected chi connectivity index (χ0v) is 16.6. The van der Waals surface area contributed by atoms with Gasteiger partial charge < -0.3 is 25.8 Å². The van der Waals surface area contributed by atoms with Gasteiger partial charge in [-0.2, -0.15) is 0 Å². The number of carbonyl (C=O) groups is 2. The quantitative estimate of drug-likeness (QED) is 0.589. The topological polar surface area (TPSA) is 99.7 Å². The molecule has 0 aromatic heterocycles. The Balaban J connectivity index is 1.44. The monoisotopic (exact) mass is 389 g/mol. The number of fused-ring (bicyclic) bond motifs is 1. The normalized spacial score (nSPS) is 24.6. The largest absolute Gasteiger partial charge is 0.394 e. The Labute approximate surface area is 166 Å². The summed E-state index contributed by atoms with van der Waals surface area (Å²) in [4.78, 5) is 24.4. The molecule has 0 unspecified atom stereocenters. The summed E-state index contributed by atoms with van der Waals surface area (Å²) in [7, 11) is 0. The Morgan fingerprint density at radius 3 is 2.43 bits per heavy atom. The van der Waals surface area contributed by atoms with Gasteiger partial charge in [0.25, 0.3) is 0 Å². The van der Waals surface area contributed by atoms with Crippen LogP contribution >= 0.6 is 0 Å². The van der Waals surface area contributed by atoms with Crippen molar-refractivity contribution in [2.75, 3.05) is 6.61 Å². The van der Waals surface area contributed by atoms with E-state index in [1.807, 2.05) is 26.0 Å². The highest BCUT2D eigenvalue weighted by Gasteiger charge is 2.33. The highest BCUT2D eigenvalue weighted by molar-refractivity contribution is 5.77. The summed E-state index contributed by atoms with van der Waals surface area (Å²) < 4.78 is 5.90. The van der Waals surface area contributed by atoms with Crippen LogP contribution in [0.2, 0.25) is 0 Å². The van der Waals surface area contributed by atoms with Crippen LogP contribution in [-0.2, 0) is 22.4 Å². The van der Waals surface area contributed by atoms with E-state index >= 15 is 0 Å². The lowest BCUT2D eigenvalue weighted by Crippen LogP contribution is -2.54. The first-order valence-corrected chi connectivity index (χ1v) is 10.1. The molecule has 4 N–H and O–H groups in total. The average Bonchev–Trinajstić information content (AvgIpc) is 3.04. The van der Waals surface area contributed by atoms with Gasteiger partial charge in [-0.25, -0.2) is 4.79 Å². The van der Waals surface area contributed by atoms with Gasteiger partial charge in [0, 0.05) is 12.1 Å². The van der Waals surface area contributed by atoms with Crippen LogP contribution in [0.15, 0.2) is 24.3 Å². The molecule has 1 saturated heterocycles. The van der Waals surface area contributed by atoms with Crippen LogP contribution in [0.1, 0.15) is 44.2 Å². The molecule has 1 aliphatic carbocycles. The molecule has 154 valence electrons. The lowest BCUT2D eigenvalue weighted by molar-refractivity contribution is -0.131. The Kier molecular flexibility index (Phi) is 6.91. The maximum absolute atomic E-state index is 12.5. The van der Waals surface area contributed by atoms with Crippen molar-refractivity contribution in [3.05, 3.63) is 35.4 Å². The average molecular weight is 389 g/mol. The molecule has 0 saturated carbocycles. The maximum atomic E-state index is 12.5. The van der Waals surface area contributed by atoms with E-state index in [1.54, 1.807) is 0 Å². The number of urea groups is 1. The predicted octanol–water partition coefficient (Wildman–Crippen LogP) is 1.28. The fourth-order valence-electron chi connectivity index (χ4n) is 4.07. The van der Waals surface area contributed by atoms with Crippen LogP contribution in [0.5, 0.6) is 0 Å². The van der Waals surface area contributed by atoms with Crippen molar-refractivity contribution in [2.24, 2.45) is 0 Å². The lowest BCUT2D eigenvalue weighted by atomic mass is 9.97. The second kappa shape index (κ2) is 9.39. The first kappa shape index (κ1) is 20.6. The van der Waals surface area contributed by atoms with Gasteiger partial charge in [-0.15, -0.1) is 0 Å². The molecule has 1 aromatic rings. The van der Waals surface area contributed by atoms with Gasteiger partial charge in [0.05, 0.1) is 25.2 Å². The van der Waals surface area contributed by atoms with Crippen LogP contribution in [0.3, 0.4) is 0 Å². The molecule has 0 bridgehead atoms. The van der Waals surface area contributed by atoms with E-state index < -0.39 is 6.10 Å². The van der Waals surface area contributed by atoms with Crippen molar-refractivity contribution >= 4 is 11.9 Å². The number of benzene rings is 1. The van der Waals surface area contributed by atoms with E-state index in [0.29, 0.717) is 12.8 Å².